The largest absolute Gasteiger partial charge is 0.393 e. The molecular weight excluding hydrogens is 374 g/mol. The molecule has 0 amide bonds. The molecule has 0 bridgehead atoms. The lowest BCUT2D eigenvalue weighted by molar-refractivity contribution is 0.122. The lowest BCUT2D eigenvalue weighted by atomic mass is 9.81. The standard InChI is InChI=1S/C21H26ClN5O/c1-13(2)27-12-24-18-19(25-21(22)26-20(18)27)23-11-15-5-3-4-6-17(15)14-7-9-16(28)10-8-14/h3-6,12-14,16,28H,7-11H2,1-2H3,(H,23,25,26). The van der Waals surface area contributed by atoms with Crippen molar-refractivity contribution in [2.75, 3.05) is 5.32 Å². The third kappa shape index (κ3) is 3.84. The lowest BCUT2D eigenvalue weighted by Crippen LogP contribution is -2.18. The van der Waals surface area contributed by atoms with Gasteiger partial charge in [-0.15, -0.1) is 0 Å². The molecule has 2 heterocycles. The van der Waals surface area contributed by atoms with Crippen LogP contribution in [0.4, 0.5) is 5.82 Å². The van der Waals surface area contributed by atoms with E-state index in [4.69, 9.17) is 11.6 Å². The molecule has 0 aliphatic heterocycles. The van der Waals surface area contributed by atoms with E-state index in [1.807, 2.05) is 4.57 Å². The second-order valence-corrected chi connectivity index (χ2v) is 8.15. The Kier molecular flexibility index (Phi) is 5.51. The Morgan fingerprint density at radius 1 is 1.18 bits per heavy atom. The number of hydrogen-bond acceptors (Lipinski definition) is 5. The quantitative estimate of drug-likeness (QED) is 0.608. The topological polar surface area (TPSA) is 75.9 Å². The number of imidazole rings is 1. The number of aromatic nitrogens is 4. The van der Waals surface area contributed by atoms with Crippen molar-refractivity contribution in [3.05, 3.63) is 47.0 Å². The summed E-state index contributed by atoms with van der Waals surface area (Å²) in [6.07, 6.45) is 5.45. The van der Waals surface area contributed by atoms with Gasteiger partial charge >= 0.3 is 0 Å². The summed E-state index contributed by atoms with van der Waals surface area (Å²) in [6, 6.07) is 8.75. The van der Waals surface area contributed by atoms with Crippen molar-refractivity contribution in [2.24, 2.45) is 0 Å². The fourth-order valence-corrected chi connectivity index (χ4v) is 4.21. The van der Waals surface area contributed by atoms with E-state index in [0.717, 1.165) is 36.8 Å². The number of benzene rings is 1. The summed E-state index contributed by atoms with van der Waals surface area (Å²) < 4.78 is 2.00. The summed E-state index contributed by atoms with van der Waals surface area (Å²) in [6.45, 7) is 4.81. The summed E-state index contributed by atoms with van der Waals surface area (Å²) in [5.74, 6) is 1.15. The van der Waals surface area contributed by atoms with Gasteiger partial charge in [-0.2, -0.15) is 9.97 Å². The van der Waals surface area contributed by atoms with Gasteiger partial charge in [-0.1, -0.05) is 24.3 Å². The van der Waals surface area contributed by atoms with E-state index >= 15 is 0 Å². The van der Waals surface area contributed by atoms with Gasteiger partial charge < -0.3 is 15.0 Å². The van der Waals surface area contributed by atoms with Crippen LogP contribution in [0.25, 0.3) is 11.2 Å². The predicted molar refractivity (Wildman–Crippen MR) is 112 cm³/mol. The van der Waals surface area contributed by atoms with Gasteiger partial charge in [0.1, 0.15) is 0 Å². The molecule has 6 nitrogen and oxygen atoms in total. The highest BCUT2D eigenvalue weighted by Crippen LogP contribution is 2.35. The average molecular weight is 400 g/mol. The van der Waals surface area contributed by atoms with Gasteiger partial charge in [-0.05, 0) is 68.2 Å². The molecule has 7 heteroatoms. The van der Waals surface area contributed by atoms with Crippen molar-refractivity contribution in [3.63, 3.8) is 0 Å². The van der Waals surface area contributed by atoms with Crippen LogP contribution in [0.5, 0.6) is 0 Å². The molecule has 1 aliphatic carbocycles. The Hall–Kier alpha value is -2.18. The Balaban J connectivity index is 1.59. The van der Waals surface area contributed by atoms with E-state index in [1.165, 1.54) is 11.1 Å². The molecule has 2 N–H and O–H groups in total. The zero-order valence-electron chi connectivity index (χ0n) is 16.3. The molecule has 148 valence electrons. The minimum Gasteiger partial charge on any atom is -0.393 e. The lowest BCUT2D eigenvalue weighted by Gasteiger charge is -2.27. The maximum absolute atomic E-state index is 9.81. The number of aliphatic hydroxyl groups excluding tert-OH is 1. The van der Waals surface area contributed by atoms with Crippen molar-refractivity contribution in [2.45, 2.75) is 64.1 Å². The zero-order valence-corrected chi connectivity index (χ0v) is 17.0. The molecule has 0 radical (unpaired) electrons. The molecule has 0 unspecified atom stereocenters. The van der Waals surface area contributed by atoms with Crippen molar-refractivity contribution in [1.82, 2.24) is 19.5 Å². The molecule has 0 saturated heterocycles. The zero-order chi connectivity index (χ0) is 19.7. The van der Waals surface area contributed by atoms with Gasteiger partial charge in [0, 0.05) is 12.6 Å². The number of nitrogens with one attached hydrogen (secondary N) is 1. The number of aliphatic hydroxyl groups is 1. The highest BCUT2D eigenvalue weighted by atomic mass is 35.5. The van der Waals surface area contributed by atoms with Gasteiger partial charge in [0.05, 0.1) is 12.4 Å². The summed E-state index contributed by atoms with van der Waals surface area (Å²) in [5.41, 5.74) is 4.07. The van der Waals surface area contributed by atoms with Crippen LogP contribution in [-0.4, -0.2) is 30.7 Å². The summed E-state index contributed by atoms with van der Waals surface area (Å²) in [7, 11) is 0. The molecule has 1 aromatic carbocycles. The van der Waals surface area contributed by atoms with Crippen LogP contribution in [0.3, 0.4) is 0 Å². The Morgan fingerprint density at radius 2 is 1.93 bits per heavy atom. The number of rotatable bonds is 5. The number of halogens is 1. The Morgan fingerprint density at radius 3 is 2.68 bits per heavy atom. The number of anilines is 1. The molecule has 1 aliphatic rings. The smallest absolute Gasteiger partial charge is 0.226 e. The molecule has 1 fully saturated rings. The van der Waals surface area contributed by atoms with Crippen LogP contribution >= 0.6 is 11.6 Å². The average Bonchev–Trinajstić information content (AvgIpc) is 3.11. The van der Waals surface area contributed by atoms with E-state index in [9.17, 15) is 5.11 Å². The van der Waals surface area contributed by atoms with Gasteiger partial charge in [0.2, 0.25) is 5.28 Å². The molecule has 1 saturated carbocycles. The van der Waals surface area contributed by atoms with Gasteiger partial charge in [0.15, 0.2) is 17.0 Å². The molecule has 28 heavy (non-hydrogen) atoms. The SMILES string of the molecule is CC(C)n1cnc2c(NCc3ccccc3C3CCC(O)CC3)nc(Cl)nc21. The van der Waals surface area contributed by atoms with Crippen molar-refractivity contribution < 1.29 is 5.11 Å². The first kappa shape index (κ1) is 19.2. The minimum absolute atomic E-state index is 0.144. The van der Waals surface area contributed by atoms with Crippen molar-refractivity contribution >= 4 is 28.6 Å². The highest BCUT2D eigenvalue weighted by molar-refractivity contribution is 6.28. The van der Waals surface area contributed by atoms with Gasteiger partial charge in [-0.3, -0.25) is 0 Å². The molecule has 0 spiro atoms. The van der Waals surface area contributed by atoms with Gasteiger partial charge in [0.25, 0.3) is 0 Å². The van der Waals surface area contributed by atoms with Crippen LogP contribution in [-0.2, 0) is 6.54 Å². The Labute approximate surface area is 170 Å². The second kappa shape index (κ2) is 8.05. The van der Waals surface area contributed by atoms with Crippen molar-refractivity contribution in [3.8, 4) is 0 Å². The van der Waals surface area contributed by atoms with E-state index in [0.29, 0.717) is 18.3 Å². The fourth-order valence-electron chi connectivity index (χ4n) is 4.05. The summed E-state index contributed by atoms with van der Waals surface area (Å²) >= 11 is 6.18. The molecule has 4 rings (SSSR count). The van der Waals surface area contributed by atoms with Crippen LogP contribution < -0.4 is 5.32 Å². The van der Waals surface area contributed by atoms with Gasteiger partial charge in [-0.25, -0.2) is 4.98 Å². The third-order valence-electron chi connectivity index (χ3n) is 5.59. The Bertz CT molecular complexity index is 963. The normalized spacial score (nSPS) is 20.0. The highest BCUT2D eigenvalue weighted by Gasteiger charge is 2.22. The van der Waals surface area contributed by atoms with E-state index in [1.54, 1.807) is 6.33 Å². The first-order valence-corrected chi connectivity index (χ1v) is 10.3. The number of fused-ring (bicyclic) bond motifs is 1. The fraction of sp³-hybridized carbons (Fsp3) is 0.476. The predicted octanol–water partition coefficient (Wildman–Crippen LogP) is 4.69. The molecule has 0 atom stereocenters. The summed E-state index contributed by atoms with van der Waals surface area (Å²) in [4.78, 5) is 13.2. The van der Waals surface area contributed by atoms with Crippen LogP contribution in [0, 0.1) is 0 Å². The van der Waals surface area contributed by atoms with Crippen LogP contribution in [0.1, 0.15) is 62.6 Å². The summed E-state index contributed by atoms with van der Waals surface area (Å²) in [5, 5.41) is 13.5. The first-order chi connectivity index (χ1) is 13.5. The maximum atomic E-state index is 9.81. The number of hydrogen-bond donors (Lipinski definition) is 2. The van der Waals surface area contributed by atoms with Crippen molar-refractivity contribution in [1.29, 1.82) is 0 Å². The van der Waals surface area contributed by atoms with E-state index in [-0.39, 0.29) is 17.4 Å². The van der Waals surface area contributed by atoms with E-state index < -0.39 is 0 Å². The number of nitrogens with zero attached hydrogens (tertiary/aromatic N) is 4. The molecular formula is C21H26ClN5O. The van der Waals surface area contributed by atoms with Crippen LogP contribution in [0.15, 0.2) is 30.6 Å². The monoisotopic (exact) mass is 399 g/mol. The van der Waals surface area contributed by atoms with E-state index in [2.05, 4.69) is 58.4 Å². The molecule has 3 aromatic rings. The minimum atomic E-state index is -0.144. The molecule has 2 aromatic heterocycles. The van der Waals surface area contributed by atoms with Crippen LogP contribution in [0.2, 0.25) is 5.28 Å². The second-order valence-electron chi connectivity index (χ2n) is 7.82. The first-order valence-electron chi connectivity index (χ1n) is 9.92. The maximum Gasteiger partial charge on any atom is 0.226 e. The third-order valence-corrected chi connectivity index (χ3v) is 5.76.